The third kappa shape index (κ3) is 21.2. The van der Waals surface area contributed by atoms with Gasteiger partial charge in [0.25, 0.3) is 5.91 Å². The van der Waals surface area contributed by atoms with Gasteiger partial charge in [0, 0.05) is 37.8 Å². The summed E-state index contributed by atoms with van der Waals surface area (Å²) in [5.41, 5.74) is 1.23. The molecule has 0 bridgehead atoms. The Morgan fingerprint density at radius 3 is 2.08 bits per heavy atom. The normalized spacial score (nSPS) is 14.6. The SMILES string of the molecule is CC/C=C\C/C=C\C/C=C\C/C=C\C/C=C\CCCC(=O)NCCCC[C@H](NC(=O)c1ccc(CCN2CCCC2)nc1)C(=O)OC(CO)CO. The first-order chi connectivity index (χ1) is 25.0. The van der Waals surface area contributed by atoms with Gasteiger partial charge in [-0.15, -0.1) is 0 Å². The molecule has 1 aliphatic rings. The van der Waals surface area contributed by atoms with Crippen LogP contribution in [0.25, 0.3) is 0 Å². The first kappa shape index (κ1) is 43.3. The van der Waals surface area contributed by atoms with Crippen molar-refractivity contribution in [2.75, 3.05) is 39.4 Å². The lowest BCUT2D eigenvalue weighted by atomic mass is 10.1. The fourth-order valence-electron chi connectivity index (χ4n) is 5.39. The van der Waals surface area contributed by atoms with Crippen molar-refractivity contribution < 1.29 is 29.3 Å². The molecule has 10 heteroatoms. The van der Waals surface area contributed by atoms with Crippen molar-refractivity contribution >= 4 is 17.8 Å². The van der Waals surface area contributed by atoms with Crippen molar-refractivity contribution in [2.24, 2.45) is 0 Å². The van der Waals surface area contributed by atoms with Gasteiger partial charge < -0.3 is 30.5 Å². The zero-order chi connectivity index (χ0) is 36.8. The van der Waals surface area contributed by atoms with Crippen molar-refractivity contribution in [2.45, 2.75) is 109 Å². The van der Waals surface area contributed by atoms with Crippen LogP contribution in [-0.2, 0) is 20.7 Å². The summed E-state index contributed by atoms with van der Waals surface area (Å²) in [6.07, 6.45) is 33.7. The molecule has 2 heterocycles. The standard InChI is InChI=1S/C41H62N4O6/c1-2-3-4-5-6-7-8-9-10-11-12-13-14-15-16-17-18-24-39(48)42-28-20-19-23-38(41(50)51-37(33-46)34-47)44-40(49)35-25-26-36(43-32-35)27-31-45-29-21-22-30-45/h3-4,6-7,9-10,12-13,15-16,25-26,32,37-38,46-47H,2,5,8,11,14,17-24,27-31,33-34H2,1H3,(H,42,48)(H,44,49)/b4-3-,7-6-,10-9-,13-12-,16-15-/t38-/m0/s1. The van der Waals surface area contributed by atoms with Gasteiger partial charge in [-0.05, 0) is 102 Å². The molecule has 1 aromatic heterocycles. The van der Waals surface area contributed by atoms with E-state index < -0.39 is 37.2 Å². The monoisotopic (exact) mass is 706 g/mol. The molecule has 1 atom stereocenters. The highest BCUT2D eigenvalue weighted by Crippen LogP contribution is 2.11. The molecular weight excluding hydrogens is 644 g/mol. The highest BCUT2D eigenvalue weighted by Gasteiger charge is 2.25. The Balaban J connectivity index is 1.64. The molecule has 1 fully saturated rings. The maximum absolute atomic E-state index is 13.0. The molecule has 1 saturated heterocycles. The second-order valence-electron chi connectivity index (χ2n) is 12.7. The molecule has 10 nitrogen and oxygen atoms in total. The van der Waals surface area contributed by atoms with Crippen LogP contribution >= 0.6 is 0 Å². The van der Waals surface area contributed by atoms with Crippen LogP contribution in [0.15, 0.2) is 79.1 Å². The topological polar surface area (TPSA) is 141 Å². The third-order valence-corrected chi connectivity index (χ3v) is 8.42. The van der Waals surface area contributed by atoms with E-state index in [0.717, 1.165) is 76.7 Å². The van der Waals surface area contributed by atoms with Crippen LogP contribution < -0.4 is 10.6 Å². The minimum absolute atomic E-state index is 0.0169. The second-order valence-corrected chi connectivity index (χ2v) is 12.7. The average Bonchev–Trinajstić information content (AvgIpc) is 3.67. The van der Waals surface area contributed by atoms with Gasteiger partial charge in [-0.25, -0.2) is 4.79 Å². The number of aliphatic hydroxyl groups is 2. The summed E-state index contributed by atoms with van der Waals surface area (Å²) in [7, 11) is 0. The van der Waals surface area contributed by atoms with Gasteiger partial charge in [0.2, 0.25) is 5.91 Å². The molecule has 2 amide bonds. The highest BCUT2D eigenvalue weighted by molar-refractivity contribution is 5.96. The van der Waals surface area contributed by atoms with E-state index in [4.69, 9.17) is 4.74 Å². The number of esters is 1. The number of carbonyl (C=O) groups excluding carboxylic acids is 3. The fourth-order valence-corrected chi connectivity index (χ4v) is 5.39. The third-order valence-electron chi connectivity index (χ3n) is 8.42. The molecule has 282 valence electrons. The van der Waals surface area contributed by atoms with Gasteiger partial charge in [0.05, 0.1) is 18.8 Å². The highest BCUT2D eigenvalue weighted by atomic mass is 16.6. The van der Waals surface area contributed by atoms with Gasteiger partial charge >= 0.3 is 5.97 Å². The summed E-state index contributed by atoms with van der Waals surface area (Å²) in [5.74, 6) is -1.21. The minimum atomic E-state index is -1.07. The van der Waals surface area contributed by atoms with Gasteiger partial charge in [-0.3, -0.25) is 14.6 Å². The van der Waals surface area contributed by atoms with Crippen molar-refractivity contribution in [1.82, 2.24) is 20.5 Å². The van der Waals surface area contributed by atoms with Crippen LogP contribution in [-0.4, -0.2) is 89.4 Å². The number of aliphatic hydroxyl groups excluding tert-OH is 2. The van der Waals surface area contributed by atoms with E-state index in [1.807, 2.05) is 6.07 Å². The molecule has 4 N–H and O–H groups in total. The molecule has 2 rings (SSSR count). The maximum Gasteiger partial charge on any atom is 0.329 e. The first-order valence-electron chi connectivity index (χ1n) is 18.9. The molecule has 1 aliphatic heterocycles. The zero-order valence-corrected chi connectivity index (χ0v) is 30.7. The largest absolute Gasteiger partial charge is 0.456 e. The number of pyridine rings is 1. The van der Waals surface area contributed by atoms with Crippen LogP contribution in [0.1, 0.15) is 106 Å². The Hall–Kier alpha value is -3.86. The Morgan fingerprint density at radius 2 is 1.49 bits per heavy atom. The maximum atomic E-state index is 13.0. The molecule has 0 aromatic carbocycles. The van der Waals surface area contributed by atoms with E-state index in [-0.39, 0.29) is 12.3 Å². The van der Waals surface area contributed by atoms with Gasteiger partial charge in [-0.1, -0.05) is 67.7 Å². The van der Waals surface area contributed by atoms with Gasteiger partial charge in [0.15, 0.2) is 0 Å². The second kappa shape index (κ2) is 28.8. The molecule has 0 radical (unpaired) electrons. The zero-order valence-electron chi connectivity index (χ0n) is 30.7. The average molecular weight is 707 g/mol. The van der Waals surface area contributed by atoms with Crippen LogP contribution in [0.2, 0.25) is 0 Å². The van der Waals surface area contributed by atoms with E-state index in [2.05, 4.69) is 88.2 Å². The molecule has 0 aliphatic carbocycles. The number of aromatic nitrogens is 1. The number of carbonyl (C=O) groups is 3. The number of rotatable bonds is 27. The lowest BCUT2D eigenvalue weighted by Gasteiger charge is -2.21. The van der Waals surface area contributed by atoms with Crippen LogP contribution in [0.3, 0.4) is 0 Å². The van der Waals surface area contributed by atoms with Gasteiger partial charge in [0.1, 0.15) is 12.1 Å². The Labute approximate surface area is 305 Å². The lowest BCUT2D eigenvalue weighted by Crippen LogP contribution is -2.44. The van der Waals surface area contributed by atoms with E-state index in [9.17, 15) is 24.6 Å². The summed E-state index contributed by atoms with van der Waals surface area (Å²) in [4.78, 5) is 45.0. The van der Waals surface area contributed by atoms with Crippen molar-refractivity contribution in [3.63, 3.8) is 0 Å². The number of nitrogens with one attached hydrogen (secondary N) is 2. The number of ether oxygens (including phenoxy) is 1. The van der Waals surface area contributed by atoms with E-state index >= 15 is 0 Å². The van der Waals surface area contributed by atoms with Crippen LogP contribution in [0.4, 0.5) is 0 Å². The number of hydrogen-bond donors (Lipinski definition) is 4. The van der Waals surface area contributed by atoms with E-state index in [0.29, 0.717) is 31.4 Å². The summed E-state index contributed by atoms with van der Waals surface area (Å²) in [6.45, 7) is 4.70. The fraction of sp³-hybridized carbons (Fsp3) is 0.561. The van der Waals surface area contributed by atoms with Crippen LogP contribution in [0, 0.1) is 0 Å². The Kier molecular flexibility index (Phi) is 24.5. The number of unbranched alkanes of at least 4 members (excludes halogenated alkanes) is 2. The Morgan fingerprint density at radius 1 is 0.863 bits per heavy atom. The summed E-state index contributed by atoms with van der Waals surface area (Å²) in [5, 5.41) is 24.4. The van der Waals surface area contributed by atoms with Crippen molar-refractivity contribution in [3.8, 4) is 0 Å². The lowest BCUT2D eigenvalue weighted by molar-refractivity contribution is -0.156. The van der Waals surface area contributed by atoms with E-state index in [1.54, 1.807) is 6.07 Å². The smallest absolute Gasteiger partial charge is 0.329 e. The summed E-state index contributed by atoms with van der Waals surface area (Å²) < 4.78 is 5.21. The van der Waals surface area contributed by atoms with Gasteiger partial charge in [-0.2, -0.15) is 0 Å². The molecule has 51 heavy (non-hydrogen) atoms. The predicted octanol–water partition coefficient (Wildman–Crippen LogP) is 5.92. The number of likely N-dealkylation sites (tertiary alicyclic amines) is 1. The van der Waals surface area contributed by atoms with Crippen LogP contribution in [0.5, 0.6) is 0 Å². The first-order valence-corrected chi connectivity index (χ1v) is 18.9. The van der Waals surface area contributed by atoms with Crippen molar-refractivity contribution in [1.29, 1.82) is 0 Å². The number of allylic oxidation sites excluding steroid dienone is 10. The number of hydrogen-bond acceptors (Lipinski definition) is 8. The summed E-state index contributed by atoms with van der Waals surface area (Å²) >= 11 is 0. The number of amides is 2. The Bertz CT molecular complexity index is 1250. The van der Waals surface area contributed by atoms with E-state index in [1.165, 1.54) is 19.0 Å². The predicted molar refractivity (Wildman–Crippen MR) is 204 cm³/mol. The molecule has 0 saturated carbocycles. The molecular formula is C41H62N4O6. The number of nitrogens with zero attached hydrogens (tertiary/aromatic N) is 2. The minimum Gasteiger partial charge on any atom is -0.456 e. The molecule has 0 unspecified atom stereocenters. The quantitative estimate of drug-likeness (QED) is 0.0502. The molecule has 1 aromatic rings. The van der Waals surface area contributed by atoms with Crippen molar-refractivity contribution in [3.05, 3.63) is 90.3 Å². The summed E-state index contributed by atoms with van der Waals surface area (Å²) in [6, 6.07) is 2.55. The molecule has 0 spiro atoms.